The van der Waals surface area contributed by atoms with Crippen LogP contribution in [0, 0.1) is 11.8 Å². The Hall–Kier alpha value is -1.76. The number of carbonyl (C=O) groups excluding carboxylic acids is 1. The Morgan fingerprint density at radius 2 is 1.67 bits per heavy atom. The SMILES string of the molecule is CN(C)C(=O)CC1CCC(CCN2CCN(c3cccc(C(F)(F)F)c3)CC2)CC1. The zero-order chi connectivity index (χ0) is 21.7. The van der Waals surface area contributed by atoms with Gasteiger partial charge in [0.15, 0.2) is 0 Å². The quantitative estimate of drug-likeness (QED) is 0.671. The number of rotatable bonds is 6. The number of benzene rings is 1. The van der Waals surface area contributed by atoms with Crippen molar-refractivity contribution in [3.63, 3.8) is 0 Å². The second-order valence-electron chi connectivity index (χ2n) is 9.04. The van der Waals surface area contributed by atoms with Crippen LogP contribution < -0.4 is 4.90 Å². The van der Waals surface area contributed by atoms with E-state index in [2.05, 4.69) is 9.80 Å². The maximum absolute atomic E-state index is 13.0. The highest BCUT2D eigenvalue weighted by atomic mass is 19.4. The van der Waals surface area contributed by atoms with Gasteiger partial charge in [-0.2, -0.15) is 13.2 Å². The van der Waals surface area contributed by atoms with Gasteiger partial charge in [-0.05, 0) is 55.8 Å². The summed E-state index contributed by atoms with van der Waals surface area (Å²) in [6.45, 7) is 4.37. The third-order valence-electron chi connectivity index (χ3n) is 6.69. The number of anilines is 1. The molecule has 30 heavy (non-hydrogen) atoms. The Morgan fingerprint density at radius 3 is 2.27 bits per heavy atom. The van der Waals surface area contributed by atoms with Gasteiger partial charge in [-0.3, -0.25) is 9.69 Å². The van der Waals surface area contributed by atoms with Crippen molar-refractivity contribution in [3.05, 3.63) is 29.8 Å². The van der Waals surface area contributed by atoms with Crippen molar-refractivity contribution in [2.45, 2.75) is 44.7 Å². The van der Waals surface area contributed by atoms with E-state index in [9.17, 15) is 18.0 Å². The maximum atomic E-state index is 13.0. The molecule has 1 heterocycles. The zero-order valence-corrected chi connectivity index (χ0v) is 18.1. The van der Waals surface area contributed by atoms with Gasteiger partial charge in [0, 0.05) is 52.4 Å². The normalized spacial score (nSPS) is 23.4. The number of alkyl halides is 3. The van der Waals surface area contributed by atoms with Gasteiger partial charge >= 0.3 is 6.18 Å². The van der Waals surface area contributed by atoms with E-state index < -0.39 is 11.7 Å². The average molecular weight is 426 g/mol. The van der Waals surface area contributed by atoms with Crippen LogP contribution in [0.4, 0.5) is 18.9 Å². The summed E-state index contributed by atoms with van der Waals surface area (Å²) in [4.78, 5) is 18.1. The summed E-state index contributed by atoms with van der Waals surface area (Å²) in [7, 11) is 3.64. The van der Waals surface area contributed by atoms with Crippen molar-refractivity contribution < 1.29 is 18.0 Å². The van der Waals surface area contributed by atoms with E-state index >= 15 is 0 Å². The van der Waals surface area contributed by atoms with Gasteiger partial charge in [0.05, 0.1) is 5.56 Å². The summed E-state index contributed by atoms with van der Waals surface area (Å²) in [6, 6.07) is 5.65. The molecular formula is C23H34F3N3O. The maximum Gasteiger partial charge on any atom is 0.416 e. The van der Waals surface area contributed by atoms with Crippen LogP contribution in [0.5, 0.6) is 0 Å². The Balaban J connectivity index is 1.37. The van der Waals surface area contributed by atoms with Gasteiger partial charge in [-0.25, -0.2) is 0 Å². The monoisotopic (exact) mass is 425 g/mol. The standard InChI is InChI=1S/C23H34F3N3O/c1-27(2)22(30)16-19-8-6-18(7-9-19)10-11-28-12-14-29(15-13-28)21-5-3-4-20(17-21)23(24,25)26/h3-5,17-19H,6-16H2,1-2H3. The first-order chi connectivity index (χ1) is 14.2. The van der Waals surface area contributed by atoms with Gasteiger partial charge in [-0.15, -0.1) is 0 Å². The summed E-state index contributed by atoms with van der Waals surface area (Å²) in [5.74, 6) is 1.50. The third-order valence-corrected chi connectivity index (χ3v) is 6.69. The highest BCUT2D eigenvalue weighted by molar-refractivity contribution is 5.75. The molecule has 1 aromatic carbocycles. The van der Waals surface area contributed by atoms with Crippen LogP contribution in [0.25, 0.3) is 0 Å². The van der Waals surface area contributed by atoms with Crippen molar-refractivity contribution in [3.8, 4) is 0 Å². The molecular weight excluding hydrogens is 391 g/mol. The van der Waals surface area contributed by atoms with Gasteiger partial charge in [0.25, 0.3) is 0 Å². The molecule has 168 valence electrons. The van der Waals surface area contributed by atoms with Crippen molar-refractivity contribution in [1.82, 2.24) is 9.80 Å². The van der Waals surface area contributed by atoms with Crippen molar-refractivity contribution in [2.75, 3.05) is 51.7 Å². The Labute approximate surface area is 178 Å². The summed E-state index contributed by atoms with van der Waals surface area (Å²) in [5, 5.41) is 0. The molecule has 1 aliphatic carbocycles. The van der Waals surface area contributed by atoms with Gasteiger partial charge in [-0.1, -0.05) is 18.9 Å². The van der Waals surface area contributed by atoms with Gasteiger partial charge in [0.1, 0.15) is 0 Å². The van der Waals surface area contributed by atoms with Crippen LogP contribution >= 0.6 is 0 Å². The molecule has 1 aromatic rings. The van der Waals surface area contributed by atoms with E-state index in [0.29, 0.717) is 18.0 Å². The molecule has 1 saturated carbocycles. The smallest absolute Gasteiger partial charge is 0.369 e. The molecule has 0 unspecified atom stereocenters. The zero-order valence-electron chi connectivity index (χ0n) is 18.1. The summed E-state index contributed by atoms with van der Waals surface area (Å²) in [5.41, 5.74) is 0.0837. The predicted octanol–water partition coefficient (Wildman–Crippen LogP) is 4.50. The summed E-state index contributed by atoms with van der Waals surface area (Å²) >= 11 is 0. The molecule has 1 saturated heterocycles. The van der Waals surface area contributed by atoms with Gasteiger partial charge in [0.2, 0.25) is 5.91 Å². The van der Waals surface area contributed by atoms with E-state index in [-0.39, 0.29) is 5.91 Å². The molecule has 0 radical (unpaired) electrons. The molecule has 3 rings (SSSR count). The first kappa shape index (κ1) is 22.9. The number of hydrogen-bond donors (Lipinski definition) is 0. The van der Waals surface area contributed by atoms with E-state index in [1.165, 1.54) is 31.4 Å². The minimum Gasteiger partial charge on any atom is -0.369 e. The molecule has 0 spiro atoms. The highest BCUT2D eigenvalue weighted by Crippen LogP contribution is 2.34. The first-order valence-electron chi connectivity index (χ1n) is 11.1. The van der Waals surface area contributed by atoms with Crippen molar-refractivity contribution in [1.29, 1.82) is 0 Å². The molecule has 0 bridgehead atoms. The van der Waals surface area contributed by atoms with Crippen LogP contribution in [0.2, 0.25) is 0 Å². The Morgan fingerprint density at radius 1 is 1.03 bits per heavy atom. The summed E-state index contributed by atoms with van der Waals surface area (Å²) in [6.07, 6.45) is 2.26. The van der Waals surface area contributed by atoms with E-state index in [0.717, 1.165) is 57.5 Å². The lowest BCUT2D eigenvalue weighted by atomic mass is 9.79. The minimum absolute atomic E-state index is 0.233. The first-order valence-corrected chi connectivity index (χ1v) is 11.1. The fraction of sp³-hybridized carbons (Fsp3) is 0.696. The van der Waals surface area contributed by atoms with E-state index in [1.54, 1.807) is 11.0 Å². The van der Waals surface area contributed by atoms with Crippen LogP contribution in [-0.4, -0.2) is 62.5 Å². The van der Waals surface area contributed by atoms with Crippen LogP contribution in [-0.2, 0) is 11.0 Å². The second-order valence-corrected chi connectivity index (χ2v) is 9.04. The van der Waals surface area contributed by atoms with Crippen molar-refractivity contribution in [2.24, 2.45) is 11.8 Å². The van der Waals surface area contributed by atoms with Gasteiger partial charge < -0.3 is 9.80 Å². The number of piperazine rings is 1. The molecule has 2 aliphatic rings. The number of halogens is 3. The molecule has 0 atom stereocenters. The predicted molar refractivity (Wildman–Crippen MR) is 113 cm³/mol. The number of amides is 1. The minimum atomic E-state index is -4.30. The topological polar surface area (TPSA) is 26.8 Å². The molecule has 1 amide bonds. The number of nitrogens with zero attached hydrogens (tertiary/aromatic N) is 3. The van der Waals surface area contributed by atoms with E-state index in [1.807, 2.05) is 14.1 Å². The largest absolute Gasteiger partial charge is 0.416 e. The Kier molecular flexibility index (Phi) is 7.66. The Bertz CT molecular complexity index is 691. The van der Waals surface area contributed by atoms with Crippen LogP contribution in [0.3, 0.4) is 0 Å². The molecule has 4 nitrogen and oxygen atoms in total. The highest BCUT2D eigenvalue weighted by Gasteiger charge is 2.31. The second kappa shape index (κ2) is 10.0. The number of carbonyl (C=O) groups is 1. The van der Waals surface area contributed by atoms with Crippen molar-refractivity contribution >= 4 is 11.6 Å². The fourth-order valence-corrected chi connectivity index (χ4v) is 4.63. The molecule has 0 aromatic heterocycles. The summed E-state index contributed by atoms with van der Waals surface area (Å²) < 4.78 is 38.9. The molecule has 7 heteroatoms. The number of hydrogen-bond acceptors (Lipinski definition) is 3. The average Bonchev–Trinajstić information content (AvgIpc) is 2.73. The lowest BCUT2D eigenvalue weighted by Gasteiger charge is -2.37. The molecule has 0 N–H and O–H groups in total. The van der Waals surface area contributed by atoms with E-state index in [4.69, 9.17) is 0 Å². The van der Waals surface area contributed by atoms with Crippen LogP contribution in [0.15, 0.2) is 24.3 Å². The fourth-order valence-electron chi connectivity index (χ4n) is 4.63. The lowest BCUT2D eigenvalue weighted by Crippen LogP contribution is -2.47. The van der Waals surface area contributed by atoms with Crippen LogP contribution in [0.1, 0.15) is 44.1 Å². The lowest BCUT2D eigenvalue weighted by molar-refractivity contribution is -0.137. The third kappa shape index (κ3) is 6.37. The molecule has 1 aliphatic heterocycles. The molecule has 2 fully saturated rings.